The molecule has 1 fully saturated rings. The van der Waals surface area contributed by atoms with Crippen molar-refractivity contribution in [3.63, 3.8) is 0 Å². The molecule has 0 N–H and O–H groups in total. The van der Waals surface area contributed by atoms with Crippen molar-refractivity contribution in [3.05, 3.63) is 0 Å². The summed E-state index contributed by atoms with van der Waals surface area (Å²) >= 11 is 0. The Morgan fingerprint density at radius 2 is 2.10 bits per heavy atom. The largest absolute Gasteiger partial charge is 0.198 e. The minimum atomic E-state index is 0.350. The summed E-state index contributed by atoms with van der Waals surface area (Å²) in [5, 5.41) is 8.74. The van der Waals surface area contributed by atoms with Crippen LogP contribution >= 0.6 is 0 Å². The lowest BCUT2D eigenvalue weighted by atomic mass is 9.90. The van der Waals surface area contributed by atoms with Crippen molar-refractivity contribution in [2.24, 2.45) is 11.8 Å². The quantitative estimate of drug-likeness (QED) is 0.574. The van der Waals surface area contributed by atoms with Gasteiger partial charge in [-0.25, -0.2) is 0 Å². The summed E-state index contributed by atoms with van der Waals surface area (Å²) in [6.07, 6.45) is 6.34. The Labute approximate surface area is 63.0 Å². The number of nitriles is 1. The lowest BCUT2D eigenvalue weighted by Crippen LogP contribution is -2.07. The van der Waals surface area contributed by atoms with Crippen LogP contribution < -0.4 is 0 Å². The van der Waals surface area contributed by atoms with Crippen molar-refractivity contribution < 1.29 is 0 Å². The molecule has 1 aliphatic carbocycles. The zero-order valence-corrected chi connectivity index (χ0v) is 6.64. The molecular weight excluding hydrogens is 122 g/mol. The van der Waals surface area contributed by atoms with Crippen LogP contribution in [0.5, 0.6) is 0 Å². The molecule has 56 valence electrons. The van der Waals surface area contributed by atoms with Gasteiger partial charge in [-0.3, -0.25) is 0 Å². The van der Waals surface area contributed by atoms with Crippen molar-refractivity contribution >= 4 is 0 Å². The van der Waals surface area contributed by atoms with E-state index in [2.05, 4.69) is 13.0 Å². The van der Waals surface area contributed by atoms with Crippen LogP contribution in [0.25, 0.3) is 0 Å². The van der Waals surface area contributed by atoms with E-state index in [4.69, 9.17) is 5.26 Å². The fourth-order valence-electron chi connectivity index (χ4n) is 1.89. The second kappa shape index (κ2) is 3.61. The van der Waals surface area contributed by atoms with Gasteiger partial charge in [0.05, 0.1) is 6.07 Å². The first-order valence-corrected chi connectivity index (χ1v) is 4.28. The third-order valence-corrected chi connectivity index (χ3v) is 2.57. The van der Waals surface area contributed by atoms with E-state index in [0.717, 1.165) is 12.3 Å². The van der Waals surface area contributed by atoms with Crippen LogP contribution in [-0.2, 0) is 0 Å². The first-order valence-electron chi connectivity index (χ1n) is 4.28. The van der Waals surface area contributed by atoms with E-state index in [9.17, 15) is 0 Å². The SMILES string of the molecule is CCC(C#N)C1CCCC1. The minimum Gasteiger partial charge on any atom is -0.198 e. The Balaban J connectivity index is 2.38. The first kappa shape index (κ1) is 7.60. The van der Waals surface area contributed by atoms with Gasteiger partial charge in [-0.15, -0.1) is 0 Å². The van der Waals surface area contributed by atoms with Gasteiger partial charge in [0.1, 0.15) is 0 Å². The van der Waals surface area contributed by atoms with E-state index in [-0.39, 0.29) is 0 Å². The molecule has 0 bridgehead atoms. The molecule has 1 atom stereocenters. The smallest absolute Gasteiger partial charge is 0.0658 e. The fourth-order valence-corrected chi connectivity index (χ4v) is 1.89. The number of hydrogen-bond donors (Lipinski definition) is 0. The second-order valence-corrected chi connectivity index (χ2v) is 3.19. The van der Waals surface area contributed by atoms with Crippen LogP contribution in [0.2, 0.25) is 0 Å². The summed E-state index contributed by atoms with van der Waals surface area (Å²) in [6.45, 7) is 2.12. The second-order valence-electron chi connectivity index (χ2n) is 3.19. The zero-order valence-electron chi connectivity index (χ0n) is 6.64. The molecule has 0 amide bonds. The lowest BCUT2D eigenvalue weighted by Gasteiger charge is -2.12. The molecule has 1 unspecified atom stereocenters. The van der Waals surface area contributed by atoms with Crippen molar-refractivity contribution in [1.29, 1.82) is 5.26 Å². The van der Waals surface area contributed by atoms with Gasteiger partial charge in [-0.05, 0) is 25.2 Å². The van der Waals surface area contributed by atoms with Crippen LogP contribution in [0.15, 0.2) is 0 Å². The van der Waals surface area contributed by atoms with E-state index in [1.54, 1.807) is 0 Å². The molecule has 1 saturated carbocycles. The zero-order chi connectivity index (χ0) is 7.40. The molecule has 1 rings (SSSR count). The van der Waals surface area contributed by atoms with Crippen LogP contribution in [-0.4, -0.2) is 0 Å². The number of rotatable bonds is 2. The molecule has 0 saturated heterocycles. The average Bonchev–Trinajstić information content (AvgIpc) is 2.43. The van der Waals surface area contributed by atoms with E-state index in [1.165, 1.54) is 25.7 Å². The summed E-state index contributed by atoms with van der Waals surface area (Å²) in [4.78, 5) is 0. The maximum Gasteiger partial charge on any atom is 0.0658 e. The normalized spacial score (nSPS) is 22.4. The van der Waals surface area contributed by atoms with Crippen LogP contribution in [0.1, 0.15) is 39.0 Å². The van der Waals surface area contributed by atoms with E-state index < -0.39 is 0 Å². The standard InChI is InChI=1S/C9H15N/c1-2-8(7-10)9-5-3-4-6-9/h8-9H,2-6H2,1H3. The average molecular weight is 137 g/mol. The van der Waals surface area contributed by atoms with Gasteiger partial charge in [-0.2, -0.15) is 5.26 Å². The third kappa shape index (κ3) is 1.50. The molecule has 0 heterocycles. The van der Waals surface area contributed by atoms with Gasteiger partial charge >= 0.3 is 0 Å². The molecule has 1 heteroatoms. The van der Waals surface area contributed by atoms with Gasteiger partial charge in [0, 0.05) is 5.92 Å². The molecule has 0 aromatic carbocycles. The van der Waals surface area contributed by atoms with E-state index >= 15 is 0 Å². The van der Waals surface area contributed by atoms with Crippen molar-refractivity contribution in [3.8, 4) is 6.07 Å². The highest BCUT2D eigenvalue weighted by Crippen LogP contribution is 2.32. The van der Waals surface area contributed by atoms with Crippen LogP contribution in [0.3, 0.4) is 0 Å². The minimum absolute atomic E-state index is 0.350. The molecule has 10 heavy (non-hydrogen) atoms. The Bertz CT molecular complexity index is 128. The summed E-state index contributed by atoms with van der Waals surface area (Å²) in [5.74, 6) is 1.08. The van der Waals surface area contributed by atoms with Gasteiger partial charge in [0.15, 0.2) is 0 Å². The third-order valence-electron chi connectivity index (χ3n) is 2.57. The number of hydrogen-bond acceptors (Lipinski definition) is 1. The molecule has 0 aromatic heterocycles. The highest BCUT2D eigenvalue weighted by Gasteiger charge is 2.22. The summed E-state index contributed by atoms with van der Waals surface area (Å²) in [6, 6.07) is 2.39. The van der Waals surface area contributed by atoms with Crippen molar-refractivity contribution in [1.82, 2.24) is 0 Å². The van der Waals surface area contributed by atoms with E-state index in [1.807, 2.05) is 0 Å². The van der Waals surface area contributed by atoms with Gasteiger partial charge in [-0.1, -0.05) is 19.8 Å². The molecule has 1 nitrogen and oxygen atoms in total. The maximum absolute atomic E-state index is 8.74. The molecule has 0 spiro atoms. The number of nitrogens with zero attached hydrogens (tertiary/aromatic N) is 1. The molecular formula is C9H15N. The fraction of sp³-hybridized carbons (Fsp3) is 0.889. The Kier molecular flexibility index (Phi) is 2.74. The molecule has 1 aliphatic rings. The monoisotopic (exact) mass is 137 g/mol. The summed E-state index contributed by atoms with van der Waals surface area (Å²) < 4.78 is 0. The topological polar surface area (TPSA) is 23.8 Å². The highest BCUT2D eigenvalue weighted by molar-refractivity contribution is 4.89. The van der Waals surface area contributed by atoms with Crippen molar-refractivity contribution in [2.45, 2.75) is 39.0 Å². The van der Waals surface area contributed by atoms with E-state index in [0.29, 0.717) is 5.92 Å². The first-order chi connectivity index (χ1) is 4.88. The molecule has 0 aliphatic heterocycles. The molecule has 0 aromatic rings. The summed E-state index contributed by atoms with van der Waals surface area (Å²) in [7, 11) is 0. The Hall–Kier alpha value is -0.510. The van der Waals surface area contributed by atoms with Crippen LogP contribution in [0.4, 0.5) is 0 Å². The maximum atomic E-state index is 8.74. The van der Waals surface area contributed by atoms with Gasteiger partial charge in [0.25, 0.3) is 0 Å². The van der Waals surface area contributed by atoms with Gasteiger partial charge in [0.2, 0.25) is 0 Å². The Morgan fingerprint density at radius 1 is 1.50 bits per heavy atom. The lowest BCUT2D eigenvalue weighted by molar-refractivity contribution is 0.404. The predicted molar refractivity (Wildman–Crippen MR) is 41.4 cm³/mol. The summed E-state index contributed by atoms with van der Waals surface area (Å²) in [5.41, 5.74) is 0. The van der Waals surface area contributed by atoms with Gasteiger partial charge < -0.3 is 0 Å². The highest BCUT2D eigenvalue weighted by atomic mass is 14.3. The van der Waals surface area contributed by atoms with Crippen LogP contribution in [0, 0.1) is 23.2 Å². The molecule has 0 radical (unpaired) electrons. The Morgan fingerprint density at radius 3 is 2.50 bits per heavy atom. The van der Waals surface area contributed by atoms with Crippen molar-refractivity contribution in [2.75, 3.05) is 0 Å². The predicted octanol–water partition coefficient (Wildman–Crippen LogP) is 2.73.